The summed E-state index contributed by atoms with van der Waals surface area (Å²) in [5.41, 5.74) is 1.34. The Labute approximate surface area is 199 Å². The summed E-state index contributed by atoms with van der Waals surface area (Å²) < 4.78 is 17.8. The minimum atomic E-state index is -0.478. The van der Waals surface area contributed by atoms with Crippen LogP contribution < -0.4 is 10.1 Å². The number of nitrogens with one attached hydrogen (secondary N) is 1. The van der Waals surface area contributed by atoms with E-state index in [0.717, 1.165) is 30.8 Å². The Kier molecular flexibility index (Phi) is 7.63. The molecule has 1 N–H and O–H groups in total. The Morgan fingerprint density at radius 2 is 2.06 bits per heavy atom. The molecule has 3 aromatic rings. The van der Waals surface area contributed by atoms with Crippen LogP contribution in [0, 0.1) is 0 Å². The molecular formula is C22H24N4O5S2. The summed E-state index contributed by atoms with van der Waals surface area (Å²) in [6, 6.07) is 9.30. The highest BCUT2D eigenvalue weighted by Crippen LogP contribution is 2.28. The number of thiophene rings is 1. The van der Waals surface area contributed by atoms with Crippen LogP contribution in [-0.2, 0) is 20.8 Å². The summed E-state index contributed by atoms with van der Waals surface area (Å²) >= 11 is 2.50. The van der Waals surface area contributed by atoms with Crippen molar-refractivity contribution in [3.63, 3.8) is 0 Å². The van der Waals surface area contributed by atoms with Crippen molar-refractivity contribution in [2.45, 2.75) is 30.6 Å². The molecule has 11 heteroatoms. The molecule has 0 radical (unpaired) electrons. The van der Waals surface area contributed by atoms with Gasteiger partial charge in [0, 0.05) is 12.2 Å². The summed E-state index contributed by atoms with van der Waals surface area (Å²) in [7, 11) is 2.93. The molecule has 9 nitrogen and oxygen atoms in total. The molecule has 4 rings (SSSR count). The zero-order valence-corrected chi connectivity index (χ0v) is 19.9. The maximum absolute atomic E-state index is 12.6. The molecule has 0 spiro atoms. The fourth-order valence-corrected chi connectivity index (χ4v) is 4.99. The molecule has 174 valence electrons. The number of carbonyl (C=O) groups is 2. The lowest BCUT2D eigenvalue weighted by Crippen LogP contribution is -2.18. The number of anilines is 1. The molecule has 0 bridgehead atoms. The molecule has 1 atom stereocenters. The average Bonchev–Trinajstić information content (AvgIpc) is 3.59. The number of benzene rings is 1. The monoisotopic (exact) mass is 488 g/mol. The number of methoxy groups -OCH3 is 2. The van der Waals surface area contributed by atoms with Crippen LogP contribution in [0.1, 0.15) is 22.5 Å². The molecule has 33 heavy (non-hydrogen) atoms. The van der Waals surface area contributed by atoms with Gasteiger partial charge in [0.2, 0.25) is 5.91 Å². The average molecular weight is 489 g/mol. The Hall–Kier alpha value is -2.89. The molecule has 1 unspecified atom stereocenters. The van der Waals surface area contributed by atoms with Crippen LogP contribution in [0.5, 0.6) is 5.75 Å². The summed E-state index contributed by atoms with van der Waals surface area (Å²) in [5.74, 6) is 0.856. The second-order valence-electron chi connectivity index (χ2n) is 7.27. The van der Waals surface area contributed by atoms with E-state index in [1.54, 1.807) is 18.6 Å². The number of thioether (sulfide) groups is 1. The number of rotatable bonds is 9. The second kappa shape index (κ2) is 10.8. The number of amides is 1. The molecule has 0 saturated carbocycles. The first-order chi connectivity index (χ1) is 16.1. The van der Waals surface area contributed by atoms with Crippen molar-refractivity contribution in [3.05, 3.63) is 40.6 Å². The summed E-state index contributed by atoms with van der Waals surface area (Å²) in [6.07, 6.45) is 2.08. The lowest BCUT2D eigenvalue weighted by atomic mass is 10.2. The first-order valence-electron chi connectivity index (χ1n) is 10.4. The maximum Gasteiger partial charge on any atom is 0.350 e. The van der Waals surface area contributed by atoms with Crippen LogP contribution >= 0.6 is 23.1 Å². The van der Waals surface area contributed by atoms with Gasteiger partial charge < -0.3 is 19.5 Å². The van der Waals surface area contributed by atoms with Gasteiger partial charge in [0.25, 0.3) is 0 Å². The summed E-state index contributed by atoms with van der Waals surface area (Å²) in [5, 5.41) is 13.9. The van der Waals surface area contributed by atoms with E-state index in [9.17, 15) is 9.59 Å². The fraction of sp³-hybridized carbons (Fsp3) is 0.364. The quantitative estimate of drug-likeness (QED) is 0.359. The van der Waals surface area contributed by atoms with Gasteiger partial charge in [0.05, 0.1) is 38.3 Å². The van der Waals surface area contributed by atoms with Crippen molar-refractivity contribution in [2.75, 3.05) is 31.9 Å². The number of aromatic nitrogens is 3. The van der Waals surface area contributed by atoms with Gasteiger partial charge in [-0.25, -0.2) is 4.79 Å². The van der Waals surface area contributed by atoms with Crippen LogP contribution in [-0.4, -0.2) is 59.3 Å². The minimum Gasteiger partial charge on any atom is -0.497 e. The van der Waals surface area contributed by atoms with Crippen molar-refractivity contribution in [3.8, 4) is 17.1 Å². The van der Waals surface area contributed by atoms with E-state index >= 15 is 0 Å². The zero-order chi connectivity index (χ0) is 23.2. The van der Waals surface area contributed by atoms with E-state index in [4.69, 9.17) is 14.2 Å². The normalized spacial score (nSPS) is 15.4. The van der Waals surface area contributed by atoms with Gasteiger partial charge in [-0.2, -0.15) is 0 Å². The van der Waals surface area contributed by atoms with E-state index in [1.807, 2.05) is 28.8 Å². The second-order valence-corrected chi connectivity index (χ2v) is 9.13. The largest absolute Gasteiger partial charge is 0.497 e. The van der Waals surface area contributed by atoms with E-state index < -0.39 is 5.97 Å². The van der Waals surface area contributed by atoms with Gasteiger partial charge >= 0.3 is 5.97 Å². The molecule has 1 aromatic carbocycles. The molecule has 1 aliphatic rings. The number of hydrogen-bond acceptors (Lipinski definition) is 9. The lowest BCUT2D eigenvalue weighted by Gasteiger charge is -2.15. The number of hydrogen-bond donors (Lipinski definition) is 1. The third-order valence-electron chi connectivity index (χ3n) is 5.12. The third kappa shape index (κ3) is 5.55. The van der Waals surface area contributed by atoms with Crippen molar-refractivity contribution < 1.29 is 23.8 Å². The van der Waals surface area contributed by atoms with Gasteiger partial charge in [0.15, 0.2) is 11.0 Å². The van der Waals surface area contributed by atoms with Gasteiger partial charge in [0.1, 0.15) is 10.6 Å². The predicted molar refractivity (Wildman–Crippen MR) is 126 cm³/mol. The van der Waals surface area contributed by atoms with E-state index in [0.29, 0.717) is 28.1 Å². The SMILES string of the molecule is COC(=O)c1sccc1NC(=O)CSc1nnc(-c2ccc(OC)cc2)n1CC1CCCO1. The Balaban J connectivity index is 1.49. The van der Waals surface area contributed by atoms with Crippen molar-refractivity contribution in [1.29, 1.82) is 0 Å². The molecule has 3 heterocycles. The maximum atomic E-state index is 12.6. The summed E-state index contributed by atoms with van der Waals surface area (Å²) in [4.78, 5) is 24.8. The van der Waals surface area contributed by atoms with Crippen LogP contribution in [0.25, 0.3) is 11.4 Å². The van der Waals surface area contributed by atoms with Gasteiger partial charge in [-0.1, -0.05) is 11.8 Å². The molecule has 1 fully saturated rings. The number of nitrogens with zero attached hydrogens (tertiary/aromatic N) is 3. The van der Waals surface area contributed by atoms with Crippen molar-refractivity contribution >= 4 is 40.7 Å². The van der Waals surface area contributed by atoms with Crippen molar-refractivity contribution in [2.24, 2.45) is 0 Å². The highest BCUT2D eigenvalue weighted by molar-refractivity contribution is 7.99. The Morgan fingerprint density at radius 3 is 2.76 bits per heavy atom. The first kappa shape index (κ1) is 23.3. The van der Waals surface area contributed by atoms with Gasteiger partial charge in [-0.3, -0.25) is 9.36 Å². The molecule has 1 amide bonds. The standard InChI is InChI=1S/C22H24N4O5S2/c1-29-15-7-5-14(6-8-15)20-24-25-22(26(20)12-16-4-3-10-31-16)33-13-18(27)23-17-9-11-32-19(17)21(28)30-2/h5-9,11,16H,3-4,10,12-13H2,1-2H3,(H,23,27). The van der Waals surface area contributed by atoms with Gasteiger partial charge in [-0.05, 0) is 48.6 Å². The smallest absolute Gasteiger partial charge is 0.350 e. The minimum absolute atomic E-state index is 0.0830. The van der Waals surface area contributed by atoms with Crippen LogP contribution in [0.15, 0.2) is 40.9 Å². The zero-order valence-electron chi connectivity index (χ0n) is 18.3. The molecule has 1 saturated heterocycles. The van der Waals surface area contributed by atoms with Crippen LogP contribution in [0.3, 0.4) is 0 Å². The molecule has 1 aliphatic heterocycles. The number of ether oxygens (including phenoxy) is 3. The third-order valence-corrected chi connectivity index (χ3v) is 6.98. The molecule has 2 aromatic heterocycles. The first-order valence-corrected chi connectivity index (χ1v) is 12.2. The lowest BCUT2D eigenvalue weighted by molar-refractivity contribution is -0.113. The van der Waals surface area contributed by atoms with Gasteiger partial charge in [-0.15, -0.1) is 21.5 Å². The van der Waals surface area contributed by atoms with E-state index in [1.165, 1.54) is 30.2 Å². The fourth-order valence-electron chi connectivity index (χ4n) is 3.48. The Morgan fingerprint density at radius 1 is 1.24 bits per heavy atom. The highest BCUT2D eigenvalue weighted by Gasteiger charge is 2.23. The van der Waals surface area contributed by atoms with Crippen molar-refractivity contribution in [1.82, 2.24) is 14.8 Å². The summed E-state index contributed by atoms with van der Waals surface area (Å²) in [6.45, 7) is 1.36. The van der Waals surface area contributed by atoms with E-state index in [2.05, 4.69) is 15.5 Å². The Bertz CT molecular complexity index is 1110. The number of carbonyl (C=O) groups excluding carboxylic acids is 2. The molecular weight excluding hydrogens is 464 g/mol. The number of esters is 1. The highest BCUT2D eigenvalue weighted by atomic mass is 32.2. The predicted octanol–water partition coefficient (Wildman–Crippen LogP) is 3.71. The molecule has 0 aliphatic carbocycles. The van der Waals surface area contributed by atoms with Crippen LogP contribution in [0.4, 0.5) is 5.69 Å². The van der Waals surface area contributed by atoms with E-state index in [-0.39, 0.29) is 17.8 Å². The topological polar surface area (TPSA) is 105 Å². The van der Waals surface area contributed by atoms with Crippen LogP contribution in [0.2, 0.25) is 0 Å².